The summed E-state index contributed by atoms with van der Waals surface area (Å²) in [6.45, 7) is 7.29. The standard InChI is InChI=1S/C18H24FN3O3/c1-12(2)18(25)21(13(3)4)10-16(23)20-9-17(24)22(11-20)15-7-5-14(19)6-8-15/h5-8,12-13H,9-11H2,1-4H3. The van der Waals surface area contributed by atoms with Crippen LogP contribution in [0.3, 0.4) is 0 Å². The number of amides is 3. The maximum absolute atomic E-state index is 13.0. The van der Waals surface area contributed by atoms with E-state index in [4.69, 9.17) is 0 Å². The Hall–Kier alpha value is -2.44. The minimum atomic E-state index is -0.386. The van der Waals surface area contributed by atoms with E-state index < -0.39 is 0 Å². The molecule has 2 rings (SSSR count). The fourth-order valence-electron chi connectivity index (χ4n) is 2.65. The van der Waals surface area contributed by atoms with E-state index in [1.807, 2.05) is 13.8 Å². The molecule has 0 spiro atoms. The van der Waals surface area contributed by atoms with Crippen molar-refractivity contribution < 1.29 is 18.8 Å². The van der Waals surface area contributed by atoms with E-state index in [-0.39, 0.29) is 55.3 Å². The normalized spacial score (nSPS) is 14.6. The first-order chi connectivity index (χ1) is 11.7. The molecule has 0 aliphatic carbocycles. The SMILES string of the molecule is CC(C)C(=O)N(CC(=O)N1CC(=O)N(c2ccc(F)cc2)C1)C(C)C. The summed E-state index contributed by atoms with van der Waals surface area (Å²) in [5, 5.41) is 0. The van der Waals surface area contributed by atoms with Crippen molar-refractivity contribution in [1.29, 1.82) is 0 Å². The summed E-state index contributed by atoms with van der Waals surface area (Å²) in [5.74, 6) is -1.19. The zero-order valence-corrected chi connectivity index (χ0v) is 15.0. The Kier molecular flexibility index (Phi) is 5.77. The number of nitrogens with zero attached hydrogens (tertiary/aromatic N) is 3. The lowest BCUT2D eigenvalue weighted by Crippen LogP contribution is -2.47. The number of hydrogen-bond acceptors (Lipinski definition) is 3. The molecule has 0 radical (unpaired) electrons. The van der Waals surface area contributed by atoms with Gasteiger partial charge in [0, 0.05) is 17.6 Å². The van der Waals surface area contributed by atoms with Crippen molar-refractivity contribution in [3.63, 3.8) is 0 Å². The first-order valence-electron chi connectivity index (χ1n) is 8.35. The molecule has 1 aliphatic heterocycles. The first kappa shape index (κ1) is 18.9. The maximum Gasteiger partial charge on any atom is 0.248 e. The molecular formula is C18H24FN3O3. The van der Waals surface area contributed by atoms with Crippen molar-refractivity contribution in [3.05, 3.63) is 30.1 Å². The Morgan fingerprint density at radius 2 is 1.76 bits per heavy atom. The molecule has 3 amide bonds. The van der Waals surface area contributed by atoms with Gasteiger partial charge in [-0.25, -0.2) is 4.39 Å². The average Bonchev–Trinajstić information content (AvgIpc) is 2.94. The summed E-state index contributed by atoms with van der Waals surface area (Å²) in [4.78, 5) is 41.4. The molecule has 6 nitrogen and oxygen atoms in total. The van der Waals surface area contributed by atoms with Gasteiger partial charge in [-0.05, 0) is 38.1 Å². The van der Waals surface area contributed by atoms with E-state index in [0.29, 0.717) is 5.69 Å². The Morgan fingerprint density at radius 3 is 2.28 bits per heavy atom. The van der Waals surface area contributed by atoms with Crippen LogP contribution in [0.2, 0.25) is 0 Å². The molecule has 1 saturated heterocycles. The third-order valence-corrected chi connectivity index (χ3v) is 4.14. The number of carbonyl (C=O) groups is 3. The van der Waals surface area contributed by atoms with Crippen LogP contribution in [0.25, 0.3) is 0 Å². The first-order valence-corrected chi connectivity index (χ1v) is 8.35. The van der Waals surface area contributed by atoms with Crippen LogP contribution < -0.4 is 4.90 Å². The lowest BCUT2D eigenvalue weighted by molar-refractivity contribution is -0.143. The number of halogens is 1. The van der Waals surface area contributed by atoms with Crippen LogP contribution >= 0.6 is 0 Å². The van der Waals surface area contributed by atoms with Crippen LogP contribution in [0.1, 0.15) is 27.7 Å². The molecule has 1 heterocycles. The number of anilines is 1. The maximum atomic E-state index is 13.0. The molecule has 0 atom stereocenters. The number of benzene rings is 1. The Bertz CT molecular complexity index is 658. The van der Waals surface area contributed by atoms with Crippen LogP contribution in [0.15, 0.2) is 24.3 Å². The van der Waals surface area contributed by atoms with Crippen LogP contribution in [0.4, 0.5) is 10.1 Å². The molecule has 0 unspecified atom stereocenters. The lowest BCUT2D eigenvalue weighted by Gasteiger charge is -2.29. The quantitative estimate of drug-likeness (QED) is 0.815. The predicted octanol–water partition coefficient (Wildman–Crippen LogP) is 1.85. The van der Waals surface area contributed by atoms with Crippen LogP contribution in [-0.4, -0.2) is 53.3 Å². The van der Waals surface area contributed by atoms with Gasteiger partial charge in [0.15, 0.2) is 0 Å². The zero-order valence-electron chi connectivity index (χ0n) is 15.0. The summed E-state index contributed by atoms with van der Waals surface area (Å²) in [6.07, 6.45) is 0. The Morgan fingerprint density at radius 1 is 1.16 bits per heavy atom. The van der Waals surface area contributed by atoms with Crippen molar-refractivity contribution >= 4 is 23.4 Å². The molecule has 136 valence electrons. The lowest BCUT2D eigenvalue weighted by atomic mass is 10.1. The minimum absolute atomic E-state index is 0.0436. The summed E-state index contributed by atoms with van der Waals surface area (Å²) in [7, 11) is 0. The molecule has 0 bridgehead atoms. The largest absolute Gasteiger partial charge is 0.331 e. The predicted molar refractivity (Wildman–Crippen MR) is 92.2 cm³/mol. The second-order valence-electron chi connectivity index (χ2n) is 6.75. The number of carbonyl (C=O) groups excluding carboxylic acids is 3. The molecule has 1 fully saturated rings. The van der Waals surface area contributed by atoms with Gasteiger partial charge in [-0.3, -0.25) is 19.3 Å². The highest BCUT2D eigenvalue weighted by Crippen LogP contribution is 2.20. The molecule has 25 heavy (non-hydrogen) atoms. The fraction of sp³-hybridized carbons (Fsp3) is 0.500. The second kappa shape index (κ2) is 7.63. The highest BCUT2D eigenvalue weighted by molar-refractivity contribution is 6.00. The van der Waals surface area contributed by atoms with E-state index in [0.717, 1.165) is 0 Å². The van der Waals surface area contributed by atoms with E-state index in [1.54, 1.807) is 13.8 Å². The molecule has 1 aromatic carbocycles. The van der Waals surface area contributed by atoms with Crippen molar-refractivity contribution in [2.24, 2.45) is 5.92 Å². The molecule has 1 aromatic rings. The summed E-state index contributed by atoms with van der Waals surface area (Å²) >= 11 is 0. The third-order valence-electron chi connectivity index (χ3n) is 4.14. The number of rotatable bonds is 5. The molecule has 0 N–H and O–H groups in total. The van der Waals surface area contributed by atoms with Gasteiger partial charge in [-0.15, -0.1) is 0 Å². The van der Waals surface area contributed by atoms with Crippen molar-refractivity contribution in [3.8, 4) is 0 Å². The molecule has 0 aromatic heterocycles. The van der Waals surface area contributed by atoms with E-state index in [9.17, 15) is 18.8 Å². The zero-order chi connectivity index (χ0) is 18.7. The topological polar surface area (TPSA) is 60.9 Å². The number of hydrogen-bond donors (Lipinski definition) is 0. The van der Waals surface area contributed by atoms with Gasteiger partial charge in [-0.1, -0.05) is 13.8 Å². The Balaban J connectivity index is 2.06. The van der Waals surface area contributed by atoms with E-state index >= 15 is 0 Å². The van der Waals surface area contributed by atoms with Gasteiger partial charge in [0.25, 0.3) is 0 Å². The van der Waals surface area contributed by atoms with Gasteiger partial charge in [0.2, 0.25) is 17.7 Å². The average molecular weight is 349 g/mol. The summed E-state index contributed by atoms with van der Waals surface area (Å²) < 4.78 is 13.0. The van der Waals surface area contributed by atoms with Gasteiger partial charge >= 0.3 is 0 Å². The van der Waals surface area contributed by atoms with Crippen LogP contribution in [-0.2, 0) is 14.4 Å². The van der Waals surface area contributed by atoms with E-state index in [1.165, 1.54) is 39.0 Å². The summed E-state index contributed by atoms with van der Waals surface area (Å²) in [6, 6.07) is 5.45. The van der Waals surface area contributed by atoms with Crippen molar-refractivity contribution in [2.45, 2.75) is 33.7 Å². The molecule has 7 heteroatoms. The van der Waals surface area contributed by atoms with Gasteiger partial charge in [0.05, 0.1) is 0 Å². The van der Waals surface area contributed by atoms with Crippen molar-refractivity contribution in [1.82, 2.24) is 9.80 Å². The fourth-order valence-corrected chi connectivity index (χ4v) is 2.65. The van der Waals surface area contributed by atoms with Crippen LogP contribution in [0, 0.1) is 11.7 Å². The van der Waals surface area contributed by atoms with Gasteiger partial charge in [-0.2, -0.15) is 0 Å². The van der Waals surface area contributed by atoms with Gasteiger partial charge in [0.1, 0.15) is 25.6 Å². The highest BCUT2D eigenvalue weighted by Gasteiger charge is 2.33. The molecule has 0 saturated carbocycles. The minimum Gasteiger partial charge on any atom is -0.331 e. The third kappa shape index (κ3) is 4.35. The summed E-state index contributed by atoms with van der Waals surface area (Å²) in [5.41, 5.74) is 0.542. The van der Waals surface area contributed by atoms with Crippen molar-refractivity contribution in [2.75, 3.05) is 24.7 Å². The smallest absolute Gasteiger partial charge is 0.248 e. The molecular weight excluding hydrogens is 325 g/mol. The van der Waals surface area contributed by atoms with Gasteiger partial charge < -0.3 is 9.80 Å². The van der Waals surface area contributed by atoms with E-state index in [2.05, 4.69) is 0 Å². The van der Waals surface area contributed by atoms with Crippen LogP contribution in [0.5, 0.6) is 0 Å². The second-order valence-corrected chi connectivity index (χ2v) is 6.75. The Labute approximate surface area is 147 Å². The molecule has 1 aliphatic rings. The monoisotopic (exact) mass is 349 g/mol. The highest BCUT2D eigenvalue weighted by atomic mass is 19.1.